The van der Waals surface area contributed by atoms with Crippen molar-refractivity contribution >= 4 is 16.6 Å². The molecule has 0 fully saturated rings. The van der Waals surface area contributed by atoms with Gasteiger partial charge in [-0.1, -0.05) is 6.07 Å². The molecule has 0 saturated heterocycles. The quantitative estimate of drug-likeness (QED) is 0.759. The lowest BCUT2D eigenvalue weighted by Gasteiger charge is -2.08. The zero-order chi connectivity index (χ0) is 12.2. The number of benzene rings is 1. The summed E-state index contributed by atoms with van der Waals surface area (Å²) in [5.41, 5.74) is 3.02. The smallest absolute Gasteiger partial charge is 0.115 e. The van der Waals surface area contributed by atoms with Gasteiger partial charge >= 0.3 is 0 Å². The van der Waals surface area contributed by atoms with Crippen molar-refractivity contribution in [2.75, 3.05) is 5.32 Å². The third-order valence-corrected chi connectivity index (χ3v) is 2.75. The van der Waals surface area contributed by atoms with E-state index in [-0.39, 0.29) is 0 Å². The molecule has 4 heteroatoms. The van der Waals surface area contributed by atoms with Crippen LogP contribution in [0.5, 0.6) is 0 Å². The molecule has 4 nitrogen and oxygen atoms in total. The topological polar surface area (TPSA) is 50.7 Å². The van der Waals surface area contributed by atoms with E-state index in [1.165, 1.54) is 0 Å². The van der Waals surface area contributed by atoms with E-state index in [4.69, 9.17) is 0 Å². The number of aromatic nitrogens is 3. The van der Waals surface area contributed by atoms with Crippen LogP contribution in [0.4, 0.5) is 5.69 Å². The lowest BCUT2D eigenvalue weighted by atomic mass is 10.2. The van der Waals surface area contributed by atoms with Gasteiger partial charge in [-0.15, -0.1) is 0 Å². The van der Waals surface area contributed by atoms with Crippen molar-refractivity contribution in [1.82, 2.24) is 15.0 Å². The molecule has 0 atom stereocenters. The van der Waals surface area contributed by atoms with Gasteiger partial charge in [-0.25, -0.2) is 9.97 Å². The van der Waals surface area contributed by atoms with Gasteiger partial charge in [-0.3, -0.25) is 4.98 Å². The molecule has 0 spiro atoms. The Morgan fingerprint density at radius 2 is 1.94 bits per heavy atom. The van der Waals surface area contributed by atoms with Crippen molar-refractivity contribution < 1.29 is 0 Å². The number of hydrogen-bond donors (Lipinski definition) is 1. The monoisotopic (exact) mass is 236 g/mol. The van der Waals surface area contributed by atoms with Crippen LogP contribution in [0.1, 0.15) is 5.69 Å². The Labute approximate surface area is 105 Å². The zero-order valence-corrected chi connectivity index (χ0v) is 9.74. The Morgan fingerprint density at radius 3 is 2.83 bits per heavy atom. The molecule has 3 rings (SSSR count). The highest BCUT2D eigenvalue weighted by Gasteiger charge is 2.00. The van der Waals surface area contributed by atoms with E-state index in [2.05, 4.69) is 26.3 Å². The highest BCUT2D eigenvalue weighted by molar-refractivity contribution is 5.91. The second-order valence-corrected chi connectivity index (χ2v) is 3.93. The molecule has 88 valence electrons. The van der Waals surface area contributed by atoms with Crippen LogP contribution < -0.4 is 5.32 Å². The molecular weight excluding hydrogens is 224 g/mol. The van der Waals surface area contributed by atoms with E-state index in [0.29, 0.717) is 6.54 Å². The molecule has 0 unspecified atom stereocenters. The lowest BCUT2D eigenvalue weighted by Crippen LogP contribution is -2.02. The van der Waals surface area contributed by atoms with E-state index < -0.39 is 0 Å². The lowest BCUT2D eigenvalue weighted by molar-refractivity contribution is 1.01. The molecule has 0 bridgehead atoms. The summed E-state index contributed by atoms with van der Waals surface area (Å²) >= 11 is 0. The fourth-order valence-electron chi connectivity index (χ4n) is 1.87. The van der Waals surface area contributed by atoms with Crippen molar-refractivity contribution in [2.45, 2.75) is 6.54 Å². The highest BCUT2D eigenvalue weighted by Crippen LogP contribution is 2.21. The molecule has 0 aliphatic carbocycles. The molecule has 0 amide bonds. The highest BCUT2D eigenvalue weighted by atomic mass is 14.9. The Hall–Kier alpha value is -2.49. The van der Waals surface area contributed by atoms with Gasteiger partial charge in [-0.05, 0) is 30.3 Å². The maximum atomic E-state index is 4.33. The van der Waals surface area contributed by atoms with Gasteiger partial charge in [0.15, 0.2) is 0 Å². The summed E-state index contributed by atoms with van der Waals surface area (Å²) in [6.07, 6.45) is 5.10. The fraction of sp³-hybridized carbons (Fsp3) is 0.0714. The van der Waals surface area contributed by atoms with Crippen LogP contribution >= 0.6 is 0 Å². The van der Waals surface area contributed by atoms with E-state index in [9.17, 15) is 0 Å². The molecule has 18 heavy (non-hydrogen) atoms. The van der Waals surface area contributed by atoms with E-state index >= 15 is 0 Å². The minimum atomic E-state index is 0.677. The summed E-state index contributed by atoms with van der Waals surface area (Å²) in [6, 6.07) is 12.0. The summed E-state index contributed by atoms with van der Waals surface area (Å²) in [5.74, 6) is 0. The first-order valence-corrected chi connectivity index (χ1v) is 5.76. The summed E-state index contributed by atoms with van der Waals surface area (Å²) in [4.78, 5) is 12.4. The predicted molar refractivity (Wildman–Crippen MR) is 71.1 cm³/mol. The number of fused-ring (bicyclic) bond motifs is 1. The zero-order valence-electron chi connectivity index (χ0n) is 9.74. The van der Waals surface area contributed by atoms with Crippen LogP contribution in [-0.2, 0) is 6.54 Å². The van der Waals surface area contributed by atoms with Crippen LogP contribution in [0.25, 0.3) is 10.9 Å². The molecule has 0 saturated carbocycles. The first-order valence-electron chi connectivity index (χ1n) is 5.76. The predicted octanol–water partition coefficient (Wildman–Crippen LogP) is 2.64. The molecule has 1 aromatic carbocycles. The fourth-order valence-corrected chi connectivity index (χ4v) is 1.87. The number of rotatable bonds is 3. The van der Waals surface area contributed by atoms with Gasteiger partial charge < -0.3 is 5.32 Å². The third-order valence-electron chi connectivity index (χ3n) is 2.75. The standard InChI is InChI=1S/C14H12N4/c1-4-13-12(3-2-7-16-13)14(5-1)17-9-11-6-8-15-10-18-11/h1-8,10,17H,9H2. The van der Waals surface area contributed by atoms with Crippen LogP contribution in [0.2, 0.25) is 0 Å². The van der Waals surface area contributed by atoms with Gasteiger partial charge in [0.25, 0.3) is 0 Å². The van der Waals surface area contributed by atoms with Crippen molar-refractivity contribution in [3.05, 3.63) is 60.8 Å². The largest absolute Gasteiger partial charge is 0.379 e. The minimum absolute atomic E-state index is 0.677. The SMILES string of the molecule is c1cc(NCc2ccncn2)c2cccnc2c1. The summed E-state index contributed by atoms with van der Waals surface area (Å²) < 4.78 is 0. The van der Waals surface area contributed by atoms with E-state index in [1.54, 1.807) is 18.7 Å². The molecular formula is C14H12N4. The molecule has 1 N–H and O–H groups in total. The number of hydrogen-bond acceptors (Lipinski definition) is 4. The number of nitrogens with one attached hydrogen (secondary N) is 1. The summed E-state index contributed by atoms with van der Waals surface area (Å²) in [7, 11) is 0. The van der Waals surface area contributed by atoms with E-state index in [0.717, 1.165) is 22.3 Å². The normalized spacial score (nSPS) is 10.4. The molecule has 2 aromatic heterocycles. The molecule has 2 heterocycles. The average molecular weight is 236 g/mol. The number of nitrogens with zero attached hydrogens (tertiary/aromatic N) is 3. The van der Waals surface area contributed by atoms with Gasteiger partial charge in [-0.2, -0.15) is 0 Å². The molecule has 0 radical (unpaired) electrons. The van der Waals surface area contributed by atoms with Crippen molar-refractivity contribution in [3.8, 4) is 0 Å². The Balaban J connectivity index is 1.87. The minimum Gasteiger partial charge on any atom is -0.379 e. The summed E-state index contributed by atoms with van der Waals surface area (Å²) in [5, 5.41) is 4.49. The van der Waals surface area contributed by atoms with Crippen LogP contribution in [0.15, 0.2) is 55.1 Å². The van der Waals surface area contributed by atoms with Gasteiger partial charge in [0, 0.05) is 23.5 Å². The van der Waals surface area contributed by atoms with Crippen LogP contribution in [0.3, 0.4) is 0 Å². The van der Waals surface area contributed by atoms with Crippen molar-refractivity contribution in [1.29, 1.82) is 0 Å². The maximum Gasteiger partial charge on any atom is 0.115 e. The number of anilines is 1. The Morgan fingerprint density at radius 1 is 0.944 bits per heavy atom. The van der Waals surface area contributed by atoms with Crippen LogP contribution in [0, 0.1) is 0 Å². The Bertz CT molecular complexity index is 647. The van der Waals surface area contributed by atoms with Crippen LogP contribution in [-0.4, -0.2) is 15.0 Å². The maximum absolute atomic E-state index is 4.33. The van der Waals surface area contributed by atoms with Gasteiger partial charge in [0.05, 0.1) is 17.8 Å². The second kappa shape index (κ2) is 4.79. The second-order valence-electron chi connectivity index (χ2n) is 3.93. The first kappa shape index (κ1) is 10.7. The number of pyridine rings is 1. The summed E-state index contributed by atoms with van der Waals surface area (Å²) in [6.45, 7) is 0.677. The third kappa shape index (κ3) is 2.13. The first-order chi connectivity index (χ1) is 8.93. The molecule has 0 aliphatic rings. The van der Waals surface area contributed by atoms with Crippen molar-refractivity contribution in [2.24, 2.45) is 0 Å². The van der Waals surface area contributed by atoms with Gasteiger partial charge in [0.1, 0.15) is 6.33 Å². The Kier molecular flexibility index (Phi) is 2.84. The van der Waals surface area contributed by atoms with Gasteiger partial charge in [0.2, 0.25) is 0 Å². The van der Waals surface area contributed by atoms with Crippen molar-refractivity contribution in [3.63, 3.8) is 0 Å². The molecule has 0 aliphatic heterocycles. The average Bonchev–Trinajstić information content (AvgIpc) is 2.46. The van der Waals surface area contributed by atoms with E-state index in [1.807, 2.05) is 30.3 Å². The molecule has 3 aromatic rings.